The minimum atomic E-state index is -0.502. The second kappa shape index (κ2) is 7.18. The minimum absolute atomic E-state index is 0.234. The molecule has 146 valence electrons. The Morgan fingerprint density at radius 1 is 0.821 bits per heavy atom. The molecule has 2 aliphatic heterocycles. The average Bonchev–Trinajstić information content (AvgIpc) is 3.14. The summed E-state index contributed by atoms with van der Waals surface area (Å²) < 4.78 is 14.2. The van der Waals surface area contributed by atoms with Crippen molar-refractivity contribution in [2.45, 2.75) is 26.7 Å². The van der Waals surface area contributed by atoms with Gasteiger partial charge in [-0.1, -0.05) is 23.2 Å². The van der Waals surface area contributed by atoms with Gasteiger partial charge in [-0.15, -0.1) is 0 Å². The molecule has 28 heavy (non-hydrogen) atoms. The normalized spacial score (nSPS) is 15.1. The summed E-state index contributed by atoms with van der Waals surface area (Å²) in [5.41, 5.74) is 3.42. The minimum Gasteiger partial charge on any atom is -0.462 e. The number of hydrogen-bond acceptors (Lipinski definition) is 4. The molecule has 0 saturated carbocycles. The number of aromatic nitrogens is 2. The van der Waals surface area contributed by atoms with Gasteiger partial charge in [0, 0.05) is 34.3 Å². The van der Waals surface area contributed by atoms with Crippen LogP contribution >= 0.6 is 23.2 Å². The van der Waals surface area contributed by atoms with E-state index in [2.05, 4.69) is 0 Å². The van der Waals surface area contributed by atoms with Crippen molar-refractivity contribution in [1.29, 1.82) is 0 Å². The van der Waals surface area contributed by atoms with Gasteiger partial charge in [0.1, 0.15) is 11.1 Å². The molecule has 4 rings (SSSR count). The van der Waals surface area contributed by atoms with Crippen LogP contribution in [0.5, 0.6) is 0 Å². The SMILES string of the molecule is CCOC(=O)C1=C(Cl)Cc2ccc3n2-n2c1ccc2C(C(=O)OCC)=C(Cl)C3. The van der Waals surface area contributed by atoms with E-state index in [1.54, 1.807) is 30.7 Å². The number of esters is 2. The lowest BCUT2D eigenvalue weighted by atomic mass is 10.1. The van der Waals surface area contributed by atoms with E-state index >= 15 is 0 Å². The van der Waals surface area contributed by atoms with Crippen LogP contribution in [-0.2, 0) is 31.9 Å². The molecule has 2 aromatic heterocycles. The molecule has 0 N–H and O–H groups in total. The second-order valence-electron chi connectivity index (χ2n) is 6.40. The Hall–Kier alpha value is -2.44. The van der Waals surface area contributed by atoms with Crippen LogP contribution in [0.4, 0.5) is 0 Å². The van der Waals surface area contributed by atoms with Crippen LogP contribution in [0.25, 0.3) is 11.1 Å². The van der Waals surface area contributed by atoms with Crippen molar-refractivity contribution < 1.29 is 19.1 Å². The van der Waals surface area contributed by atoms with Crippen LogP contribution in [0.15, 0.2) is 34.3 Å². The van der Waals surface area contributed by atoms with Gasteiger partial charge in [0.25, 0.3) is 0 Å². The third-order valence-electron chi connectivity index (χ3n) is 4.75. The number of carbonyl (C=O) groups excluding carboxylic acids is 2. The van der Waals surface area contributed by atoms with E-state index in [0.717, 1.165) is 11.4 Å². The van der Waals surface area contributed by atoms with Gasteiger partial charge < -0.3 is 9.47 Å². The predicted octanol–water partition coefficient (Wildman–Crippen LogP) is 3.74. The number of allylic oxidation sites excluding steroid dienone is 2. The summed E-state index contributed by atoms with van der Waals surface area (Å²) in [7, 11) is 0. The van der Waals surface area contributed by atoms with E-state index in [4.69, 9.17) is 32.7 Å². The molecule has 0 saturated heterocycles. The van der Waals surface area contributed by atoms with Crippen molar-refractivity contribution in [2.24, 2.45) is 0 Å². The zero-order chi connectivity index (χ0) is 20.0. The Kier molecular flexibility index (Phi) is 4.85. The fraction of sp³-hybridized carbons (Fsp3) is 0.300. The van der Waals surface area contributed by atoms with Gasteiger partial charge in [0.2, 0.25) is 0 Å². The van der Waals surface area contributed by atoms with E-state index in [0.29, 0.717) is 34.3 Å². The fourth-order valence-corrected chi connectivity index (χ4v) is 4.30. The maximum absolute atomic E-state index is 12.7. The third kappa shape index (κ3) is 2.79. The van der Waals surface area contributed by atoms with Crippen LogP contribution in [0.2, 0.25) is 0 Å². The summed E-state index contributed by atoms with van der Waals surface area (Å²) in [5.74, 6) is -1.00. The number of nitrogens with zero attached hydrogens (tertiary/aromatic N) is 2. The molecule has 0 bridgehead atoms. The standard InChI is InChI=1S/C20H18Cl2N2O4/c1-3-27-19(25)17-13(21)9-11-5-6-12-10-14(22)18(20(26)28-4-2)16-8-7-15(17)24(16)23(11)12/h5-8H,3-4,9-10H2,1-2H3. The molecular weight excluding hydrogens is 403 g/mol. The van der Waals surface area contributed by atoms with Gasteiger partial charge in [-0.3, -0.25) is 4.68 Å². The molecular formula is C20H18Cl2N2O4. The van der Waals surface area contributed by atoms with E-state index in [1.807, 2.05) is 16.8 Å². The zero-order valence-electron chi connectivity index (χ0n) is 15.4. The van der Waals surface area contributed by atoms with Crippen molar-refractivity contribution in [2.75, 3.05) is 13.2 Å². The fourth-order valence-electron chi connectivity index (χ4n) is 3.68. The van der Waals surface area contributed by atoms with Gasteiger partial charge in [0.05, 0.1) is 24.6 Å². The van der Waals surface area contributed by atoms with E-state index in [-0.39, 0.29) is 24.4 Å². The molecule has 0 aliphatic carbocycles. The lowest BCUT2D eigenvalue weighted by Crippen LogP contribution is -2.20. The van der Waals surface area contributed by atoms with Crippen LogP contribution in [0.3, 0.4) is 0 Å². The molecule has 0 radical (unpaired) electrons. The van der Waals surface area contributed by atoms with Crippen LogP contribution in [0, 0.1) is 0 Å². The average molecular weight is 421 g/mol. The Morgan fingerprint density at radius 2 is 1.25 bits per heavy atom. The van der Waals surface area contributed by atoms with Gasteiger partial charge in [0.15, 0.2) is 0 Å². The highest BCUT2D eigenvalue weighted by molar-refractivity contribution is 6.39. The second-order valence-corrected chi connectivity index (χ2v) is 7.31. The Morgan fingerprint density at radius 3 is 1.64 bits per heavy atom. The number of halogens is 2. The van der Waals surface area contributed by atoms with Crippen molar-refractivity contribution in [1.82, 2.24) is 9.35 Å². The summed E-state index contributed by atoms with van der Waals surface area (Å²) in [6, 6.07) is 7.38. The predicted molar refractivity (Wildman–Crippen MR) is 106 cm³/mol. The summed E-state index contributed by atoms with van der Waals surface area (Å²) in [6.45, 7) is 3.95. The first-order chi connectivity index (χ1) is 13.5. The third-order valence-corrected chi connectivity index (χ3v) is 5.40. The lowest BCUT2D eigenvalue weighted by Gasteiger charge is -2.17. The number of rotatable bonds is 4. The molecule has 8 heteroatoms. The van der Waals surface area contributed by atoms with Gasteiger partial charge in [-0.25, -0.2) is 14.3 Å². The van der Waals surface area contributed by atoms with E-state index < -0.39 is 11.9 Å². The Labute approximate surface area is 171 Å². The largest absolute Gasteiger partial charge is 0.462 e. The molecule has 0 unspecified atom stereocenters. The molecule has 0 atom stereocenters. The van der Waals surface area contributed by atoms with Gasteiger partial charge in [-0.2, -0.15) is 0 Å². The highest BCUT2D eigenvalue weighted by atomic mass is 35.5. The summed E-state index contributed by atoms with van der Waals surface area (Å²) in [5, 5.41) is 0.780. The number of carbonyl (C=O) groups is 2. The Balaban J connectivity index is 2.01. The molecule has 0 spiro atoms. The van der Waals surface area contributed by atoms with Crippen LogP contribution in [-0.4, -0.2) is 34.5 Å². The van der Waals surface area contributed by atoms with Crippen molar-refractivity contribution in [3.63, 3.8) is 0 Å². The quantitative estimate of drug-likeness (QED) is 0.706. The van der Waals surface area contributed by atoms with Gasteiger partial charge >= 0.3 is 11.9 Å². The van der Waals surface area contributed by atoms with Gasteiger partial charge in [-0.05, 0) is 38.1 Å². The number of ether oxygens (including phenoxy) is 2. The first kappa shape index (κ1) is 18.9. The van der Waals surface area contributed by atoms with E-state index in [1.165, 1.54) is 0 Å². The Bertz CT molecular complexity index is 979. The van der Waals surface area contributed by atoms with Crippen molar-refractivity contribution in [3.8, 4) is 0 Å². The summed E-state index contributed by atoms with van der Waals surface area (Å²) in [4.78, 5) is 25.3. The van der Waals surface area contributed by atoms with Crippen molar-refractivity contribution >= 4 is 46.3 Å². The first-order valence-corrected chi connectivity index (χ1v) is 9.77. The molecule has 0 fully saturated rings. The smallest absolute Gasteiger partial charge is 0.341 e. The maximum Gasteiger partial charge on any atom is 0.341 e. The van der Waals surface area contributed by atoms with E-state index in [9.17, 15) is 9.59 Å². The first-order valence-electron chi connectivity index (χ1n) is 9.02. The van der Waals surface area contributed by atoms with Crippen molar-refractivity contribution in [3.05, 3.63) is 57.1 Å². The highest BCUT2D eigenvalue weighted by Crippen LogP contribution is 2.38. The van der Waals surface area contributed by atoms with Crippen LogP contribution in [0.1, 0.15) is 36.6 Å². The molecule has 0 aromatic carbocycles. The summed E-state index contributed by atoms with van der Waals surface area (Å²) >= 11 is 13.1. The molecule has 2 aliphatic rings. The summed E-state index contributed by atoms with van der Waals surface area (Å²) in [6.07, 6.45) is 0.729. The highest BCUT2D eigenvalue weighted by Gasteiger charge is 2.34. The van der Waals surface area contributed by atoms with Crippen LogP contribution < -0.4 is 0 Å². The number of hydrogen-bond donors (Lipinski definition) is 0. The topological polar surface area (TPSA) is 62.5 Å². The molecule has 4 heterocycles. The zero-order valence-corrected chi connectivity index (χ0v) is 16.9. The maximum atomic E-state index is 12.7. The lowest BCUT2D eigenvalue weighted by molar-refractivity contribution is -0.137. The molecule has 6 nitrogen and oxygen atoms in total. The monoisotopic (exact) mass is 420 g/mol. The molecule has 2 aromatic rings. The molecule has 0 amide bonds.